The Hall–Kier alpha value is -3.11. The number of amides is 1. The SMILES string of the molecule is O=C(C=Cc1ccccc1CCc1ccccc1)SC(=O)Nc1ccccc1. The zero-order valence-corrected chi connectivity index (χ0v) is 16.2. The van der Waals surface area contributed by atoms with Crippen molar-refractivity contribution in [3.63, 3.8) is 0 Å². The number of hydrogen-bond acceptors (Lipinski definition) is 3. The Labute approximate surface area is 169 Å². The summed E-state index contributed by atoms with van der Waals surface area (Å²) in [6.07, 6.45) is 5.07. The minimum atomic E-state index is -0.391. The average molecular weight is 388 g/mol. The van der Waals surface area contributed by atoms with E-state index < -0.39 is 5.24 Å². The smallest absolute Gasteiger partial charge is 0.291 e. The summed E-state index contributed by atoms with van der Waals surface area (Å²) in [6.45, 7) is 0. The van der Waals surface area contributed by atoms with E-state index in [4.69, 9.17) is 0 Å². The van der Waals surface area contributed by atoms with E-state index in [9.17, 15) is 9.59 Å². The lowest BCUT2D eigenvalue weighted by molar-refractivity contribution is -0.106. The standard InChI is InChI=1S/C24H21NO2S/c26-23(28-24(27)25-22-13-5-2-6-14-22)18-17-21-12-8-7-11-20(21)16-15-19-9-3-1-4-10-19/h1-14,17-18H,15-16H2,(H,25,27). The van der Waals surface area contributed by atoms with E-state index in [0.717, 1.165) is 18.4 Å². The summed E-state index contributed by atoms with van der Waals surface area (Å²) in [6, 6.07) is 27.4. The van der Waals surface area contributed by atoms with Crippen molar-refractivity contribution in [3.05, 3.63) is 108 Å². The molecular formula is C24H21NO2S. The number of rotatable bonds is 6. The van der Waals surface area contributed by atoms with Crippen molar-refractivity contribution < 1.29 is 9.59 Å². The van der Waals surface area contributed by atoms with Gasteiger partial charge in [-0.3, -0.25) is 9.59 Å². The summed E-state index contributed by atoms with van der Waals surface area (Å²) in [7, 11) is 0. The highest BCUT2D eigenvalue weighted by Gasteiger charge is 2.08. The van der Waals surface area contributed by atoms with Gasteiger partial charge in [-0.05, 0) is 47.7 Å². The Balaban J connectivity index is 1.57. The van der Waals surface area contributed by atoms with E-state index in [0.29, 0.717) is 17.4 Å². The van der Waals surface area contributed by atoms with Gasteiger partial charge in [-0.25, -0.2) is 0 Å². The summed E-state index contributed by atoms with van der Waals surface area (Å²) in [5, 5.41) is 2.00. The van der Waals surface area contributed by atoms with Crippen LogP contribution < -0.4 is 5.32 Å². The predicted molar refractivity (Wildman–Crippen MR) is 117 cm³/mol. The van der Waals surface area contributed by atoms with E-state index >= 15 is 0 Å². The van der Waals surface area contributed by atoms with Crippen molar-refractivity contribution in [1.82, 2.24) is 0 Å². The zero-order chi connectivity index (χ0) is 19.6. The van der Waals surface area contributed by atoms with Crippen LogP contribution in [0.3, 0.4) is 0 Å². The van der Waals surface area contributed by atoms with Gasteiger partial charge in [0.2, 0.25) is 5.12 Å². The molecule has 0 radical (unpaired) electrons. The minimum Gasteiger partial charge on any atom is -0.316 e. The Kier molecular flexibility index (Phi) is 7.21. The highest BCUT2D eigenvalue weighted by molar-refractivity contribution is 8.26. The van der Waals surface area contributed by atoms with Crippen LogP contribution in [0.2, 0.25) is 0 Å². The van der Waals surface area contributed by atoms with Crippen LogP contribution >= 0.6 is 11.8 Å². The van der Waals surface area contributed by atoms with Crippen LogP contribution in [-0.2, 0) is 17.6 Å². The number of hydrogen-bond donors (Lipinski definition) is 1. The van der Waals surface area contributed by atoms with Gasteiger partial charge in [0.25, 0.3) is 5.24 Å². The first-order chi connectivity index (χ1) is 13.7. The molecule has 0 saturated carbocycles. The van der Waals surface area contributed by atoms with E-state index in [1.807, 2.05) is 54.6 Å². The van der Waals surface area contributed by atoms with Gasteiger partial charge in [0.1, 0.15) is 0 Å². The fraction of sp³-hybridized carbons (Fsp3) is 0.0833. The van der Waals surface area contributed by atoms with Crippen LogP contribution in [0.25, 0.3) is 6.08 Å². The minimum absolute atomic E-state index is 0.300. The van der Waals surface area contributed by atoms with Gasteiger partial charge in [-0.1, -0.05) is 78.9 Å². The quantitative estimate of drug-likeness (QED) is 0.530. The second-order valence-electron chi connectivity index (χ2n) is 6.22. The average Bonchev–Trinajstić information content (AvgIpc) is 2.72. The molecule has 4 heteroatoms. The molecule has 0 fully saturated rings. The number of benzene rings is 3. The number of anilines is 1. The van der Waals surface area contributed by atoms with Crippen molar-refractivity contribution >= 4 is 33.9 Å². The Morgan fingerprint density at radius 1 is 0.786 bits per heavy atom. The van der Waals surface area contributed by atoms with E-state index in [1.165, 1.54) is 17.2 Å². The van der Waals surface area contributed by atoms with Gasteiger partial charge in [0.05, 0.1) is 0 Å². The summed E-state index contributed by atoms with van der Waals surface area (Å²) in [5.41, 5.74) is 4.12. The fourth-order valence-electron chi connectivity index (χ4n) is 2.80. The zero-order valence-electron chi connectivity index (χ0n) is 15.4. The molecule has 1 amide bonds. The van der Waals surface area contributed by atoms with Crippen molar-refractivity contribution in [2.75, 3.05) is 5.32 Å². The second kappa shape index (κ2) is 10.3. The maximum atomic E-state index is 12.1. The van der Waals surface area contributed by atoms with Gasteiger partial charge in [0, 0.05) is 17.4 Å². The van der Waals surface area contributed by atoms with Gasteiger partial charge >= 0.3 is 0 Å². The highest BCUT2D eigenvalue weighted by Crippen LogP contribution is 2.16. The molecule has 3 aromatic carbocycles. The first kappa shape index (κ1) is 19.6. The molecule has 0 aliphatic carbocycles. The van der Waals surface area contributed by atoms with Crippen LogP contribution in [0.1, 0.15) is 16.7 Å². The Morgan fingerprint density at radius 3 is 2.18 bits per heavy atom. The molecule has 0 heterocycles. The number of carbonyl (C=O) groups excluding carboxylic acids is 2. The molecule has 0 aliphatic rings. The van der Waals surface area contributed by atoms with Crippen molar-refractivity contribution in [2.45, 2.75) is 12.8 Å². The Morgan fingerprint density at radius 2 is 1.43 bits per heavy atom. The van der Waals surface area contributed by atoms with Gasteiger partial charge < -0.3 is 5.32 Å². The molecule has 3 aromatic rings. The molecule has 0 atom stereocenters. The first-order valence-electron chi connectivity index (χ1n) is 9.08. The lowest BCUT2D eigenvalue weighted by Gasteiger charge is -2.06. The summed E-state index contributed by atoms with van der Waals surface area (Å²) in [4.78, 5) is 24.1. The molecule has 1 N–H and O–H groups in total. The summed E-state index contributed by atoms with van der Waals surface area (Å²) in [5.74, 6) is 0. The number of aryl methyl sites for hydroxylation is 2. The first-order valence-corrected chi connectivity index (χ1v) is 9.90. The van der Waals surface area contributed by atoms with Crippen LogP contribution in [0, 0.1) is 0 Å². The second-order valence-corrected chi connectivity index (χ2v) is 7.19. The van der Waals surface area contributed by atoms with Crippen LogP contribution in [0.15, 0.2) is 91.0 Å². The van der Waals surface area contributed by atoms with E-state index in [2.05, 4.69) is 23.5 Å². The van der Waals surface area contributed by atoms with E-state index in [1.54, 1.807) is 18.2 Å². The number of nitrogens with one attached hydrogen (secondary N) is 1. The van der Waals surface area contributed by atoms with Crippen molar-refractivity contribution in [1.29, 1.82) is 0 Å². The van der Waals surface area contributed by atoms with Gasteiger partial charge in [0.15, 0.2) is 0 Å². The summed E-state index contributed by atoms with van der Waals surface area (Å²) >= 11 is 0.654. The summed E-state index contributed by atoms with van der Waals surface area (Å²) < 4.78 is 0. The molecule has 0 bridgehead atoms. The topological polar surface area (TPSA) is 46.2 Å². The molecule has 140 valence electrons. The monoisotopic (exact) mass is 387 g/mol. The lowest BCUT2D eigenvalue weighted by atomic mass is 9.99. The lowest BCUT2D eigenvalue weighted by Crippen LogP contribution is -2.07. The Bertz CT molecular complexity index is 953. The van der Waals surface area contributed by atoms with Gasteiger partial charge in [-0.2, -0.15) is 0 Å². The van der Waals surface area contributed by atoms with Crippen LogP contribution in [0.5, 0.6) is 0 Å². The fourth-order valence-corrected chi connectivity index (χ4v) is 3.28. The molecule has 3 rings (SSSR count). The van der Waals surface area contributed by atoms with E-state index in [-0.39, 0.29) is 5.12 Å². The molecule has 3 nitrogen and oxygen atoms in total. The van der Waals surface area contributed by atoms with Gasteiger partial charge in [-0.15, -0.1) is 0 Å². The third kappa shape index (κ3) is 6.25. The maximum Gasteiger partial charge on any atom is 0.291 e. The maximum absolute atomic E-state index is 12.1. The van der Waals surface area contributed by atoms with Crippen LogP contribution in [-0.4, -0.2) is 10.4 Å². The molecule has 0 aliphatic heterocycles. The normalized spacial score (nSPS) is 10.7. The highest BCUT2D eigenvalue weighted by atomic mass is 32.2. The van der Waals surface area contributed by atoms with Crippen molar-refractivity contribution in [3.8, 4) is 0 Å². The predicted octanol–water partition coefficient (Wildman–Crippen LogP) is 5.98. The molecular weight excluding hydrogens is 366 g/mol. The third-order valence-electron chi connectivity index (χ3n) is 4.19. The van der Waals surface area contributed by atoms with Crippen molar-refractivity contribution in [2.24, 2.45) is 0 Å². The molecule has 0 spiro atoms. The van der Waals surface area contributed by atoms with Crippen LogP contribution in [0.4, 0.5) is 10.5 Å². The molecule has 0 unspecified atom stereocenters. The largest absolute Gasteiger partial charge is 0.316 e. The third-order valence-corrected chi connectivity index (χ3v) is 4.82. The number of carbonyl (C=O) groups is 2. The molecule has 0 saturated heterocycles. The molecule has 0 aromatic heterocycles. The number of thioether (sulfide) groups is 1. The molecule has 28 heavy (non-hydrogen) atoms. The number of para-hydroxylation sites is 1.